The molecule has 28 heavy (non-hydrogen) atoms. The van der Waals surface area contributed by atoms with E-state index in [1.165, 1.54) is 11.3 Å². The largest absolute Gasteiger partial charge is 0.484 e. The van der Waals surface area contributed by atoms with Gasteiger partial charge < -0.3 is 10.5 Å². The minimum absolute atomic E-state index is 0.335. The fourth-order valence-electron chi connectivity index (χ4n) is 3.08. The summed E-state index contributed by atoms with van der Waals surface area (Å²) in [5.74, 6) is -0.153. The van der Waals surface area contributed by atoms with E-state index in [-0.39, 0.29) is 0 Å². The lowest BCUT2D eigenvalue weighted by molar-refractivity contribution is 0.0998. The van der Waals surface area contributed by atoms with Gasteiger partial charge in [0.15, 0.2) is 0 Å². The normalized spacial score (nSPS) is 11.9. The Hall–Kier alpha value is -3.63. The average Bonchev–Trinajstić information content (AvgIpc) is 3.32. The van der Waals surface area contributed by atoms with E-state index in [9.17, 15) is 10.1 Å². The van der Waals surface area contributed by atoms with E-state index in [1.807, 2.05) is 47.9 Å². The molecule has 0 saturated heterocycles. The van der Waals surface area contributed by atoms with E-state index in [1.54, 1.807) is 24.4 Å². The number of carbonyl (C=O) groups excluding carboxylic acids is 1. The van der Waals surface area contributed by atoms with Crippen LogP contribution in [0.2, 0.25) is 0 Å². The molecule has 0 spiro atoms. The van der Waals surface area contributed by atoms with Crippen LogP contribution >= 0.6 is 11.3 Å². The SMILES string of the molecule is C[C@H](Oc1cc(-c2cnc3ccccn23)sc1C(N)=O)c1ccccc1C#N. The van der Waals surface area contributed by atoms with Crippen LogP contribution < -0.4 is 10.5 Å². The third kappa shape index (κ3) is 3.10. The summed E-state index contributed by atoms with van der Waals surface area (Å²) in [7, 11) is 0. The Bertz CT molecular complexity index is 1220. The third-order valence-corrected chi connectivity index (χ3v) is 5.57. The summed E-state index contributed by atoms with van der Waals surface area (Å²) < 4.78 is 7.99. The van der Waals surface area contributed by atoms with Crippen molar-refractivity contribution >= 4 is 22.9 Å². The predicted molar refractivity (Wildman–Crippen MR) is 107 cm³/mol. The smallest absolute Gasteiger partial charge is 0.262 e. The number of benzene rings is 1. The van der Waals surface area contributed by atoms with E-state index in [0.29, 0.717) is 16.2 Å². The molecule has 7 heteroatoms. The molecular formula is C21H16N4O2S. The molecule has 138 valence electrons. The molecule has 1 atom stereocenters. The predicted octanol–water partition coefficient (Wildman–Crippen LogP) is 4.17. The molecule has 0 radical (unpaired) electrons. The van der Waals surface area contributed by atoms with Gasteiger partial charge in [-0.3, -0.25) is 9.20 Å². The van der Waals surface area contributed by atoms with Gasteiger partial charge in [0.05, 0.1) is 28.4 Å². The highest BCUT2D eigenvalue weighted by Crippen LogP contribution is 2.38. The van der Waals surface area contributed by atoms with Crippen molar-refractivity contribution in [3.63, 3.8) is 0 Å². The Labute approximate surface area is 165 Å². The number of primary amides is 1. The molecule has 1 aromatic carbocycles. The van der Waals surface area contributed by atoms with Gasteiger partial charge in [-0.25, -0.2) is 4.98 Å². The summed E-state index contributed by atoms with van der Waals surface area (Å²) in [6.07, 6.45) is 3.25. The summed E-state index contributed by atoms with van der Waals surface area (Å²) in [6, 6.07) is 16.9. The lowest BCUT2D eigenvalue weighted by atomic mass is 10.0. The Morgan fingerprint density at radius 3 is 2.86 bits per heavy atom. The molecule has 4 aromatic rings. The first-order valence-corrected chi connectivity index (χ1v) is 9.42. The number of hydrogen-bond acceptors (Lipinski definition) is 5. The number of imidazole rings is 1. The molecule has 0 fully saturated rings. The van der Waals surface area contributed by atoms with Gasteiger partial charge >= 0.3 is 0 Å². The summed E-state index contributed by atoms with van der Waals surface area (Å²) in [4.78, 5) is 17.5. The molecule has 0 saturated carbocycles. The maximum absolute atomic E-state index is 12.0. The van der Waals surface area contributed by atoms with Gasteiger partial charge in [0.2, 0.25) is 0 Å². The van der Waals surface area contributed by atoms with Gasteiger partial charge in [-0.1, -0.05) is 24.3 Å². The number of hydrogen-bond donors (Lipinski definition) is 1. The summed E-state index contributed by atoms with van der Waals surface area (Å²) >= 11 is 1.26. The molecule has 4 rings (SSSR count). The van der Waals surface area contributed by atoms with Gasteiger partial charge in [-0.2, -0.15) is 5.26 Å². The molecule has 0 aliphatic rings. The van der Waals surface area contributed by atoms with Gasteiger partial charge in [0.25, 0.3) is 5.91 Å². The van der Waals surface area contributed by atoms with E-state index >= 15 is 0 Å². The van der Waals surface area contributed by atoms with Crippen LogP contribution in [0.5, 0.6) is 5.75 Å². The van der Waals surface area contributed by atoms with Gasteiger partial charge in [-0.05, 0) is 25.1 Å². The Balaban J connectivity index is 1.74. The van der Waals surface area contributed by atoms with Crippen LogP contribution in [0, 0.1) is 11.3 Å². The highest BCUT2D eigenvalue weighted by Gasteiger charge is 2.21. The van der Waals surface area contributed by atoms with E-state index < -0.39 is 12.0 Å². The number of aromatic nitrogens is 2. The van der Waals surface area contributed by atoms with E-state index in [2.05, 4.69) is 11.1 Å². The van der Waals surface area contributed by atoms with Gasteiger partial charge in [0, 0.05) is 17.8 Å². The number of carbonyl (C=O) groups is 1. The lowest BCUT2D eigenvalue weighted by Crippen LogP contribution is -2.12. The van der Waals surface area contributed by atoms with Crippen molar-refractivity contribution in [3.05, 3.63) is 76.9 Å². The minimum Gasteiger partial charge on any atom is -0.484 e. The molecule has 2 N–H and O–H groups in total. The standard InChI is InChI=1S/C21H16N4O2S/c1-13(15-7-3-2-6-14(15)11-22)27-17-10-18(28-20(17)21(23)26)16-12-24-19-8-4-5-9-25(16)19/h2-10,12-13H,1H3,(H2,23,26)/t13-/m0/s1. The van der Waals surface area contributed by atoms with E-state index in [0.717, 1.165) is 21.8 Å². The number of nitrogens with two attached hydrogens (primary N) is 1. The monoisotopic (exact) mass is 388 g/mol. The van der Waals surface area contributed by atoms with Gasteiger partial charge in [0.1, 0.15) is 22.4 Å². The van der Waals surface area contributed by atoms with Crippen LogP contribution in [0.25, 0.3) is 16.2 Å². The van der Waals surface area contributed by atoms with Crippen molar-refractivity contribution < 1.29 is 9.53 Å². The summed E-state index contributed by atoms with van der Waals surface area (Å²) in [5, 5.41) is 9.32. The molecule has 0 aliphatic heterocycles. The number of rotatable bonds is 5. The van der Waals surface area contributed by atoms with Crippen LogP contribution in [0.3, 0.4) is 0 Å². The first-order valence-electron chi connectivity index (χ1n) is 8.60. The van der Waals surface area contributed by atoms with Crippen LogP contribution in [0.1, 0.15) is 33.8 Å². The number of thiophene rings is 1. The zero-order chi connectivity index (χ0) is 19.7. The number of nitrogens with zero attached hydrogens (tertiary/aromatic N) is 3. The zero-order valence-corrected chi connectivity index (χ0v) is 15.8. The Kier molecular flexibility index (Phi) is 4.55. The first kappa shape index (κ1) is 17.8. The van der Waals surface area contributed by atoms with Crippen LogP contribution in [-0.2, 0) is 0 Å². The highest BCUT2D eigenvalue weighted by atomic mass is 32.1. The molecule has 3 aromatic heterocycles. The topological polar surface area (TPSA) is 93.4 Å². The average molecular weight is 388 g/mol. The fraction of sp³-hybridized carbons (Fsp3) is 0.0952. The number of ether oxygens (including phenoxy) is 1. The maximum Gasteiger partial charge on any atom is 0.262 e. The number of pyridine rings is 1. The number of amides is 1. The third-order valence-electron chi connectivity index (χ3n) is 4.41. The van der Waals surface area contributed by atoms with Crippen molar-refractivity contribution in [1.82, 2.24) is 9.38 Å². The van der Waals surface area contributed by atoms with Crippen LogP contribution in [0.15, 0.2) is 60.9 Å². The summed E-state index contributed by atoms with van der Waals surface area (Å²) in [6.45, 7) is 1.84. The quantitative estimate of drug-likeness (QED) is 0.555. The maximum atomic E-state index is 12.0. The van der Waals surface area contributed by atoms with Crippen molar-refractivity contribution in [2.45, 2.75) is 13.0 Å². The second kappa shape index (κ2) is 7.18. The molecule has 1 amide bonds. The van der Waals surface area contributed by atoms with E-state index in [4.69, 9.17) is 10.5 Å². The molecule has 6 nitrogen and oxygen atoms in total. The number of nitriles is 1. The highest BCUT2D eigenvalue weighted by molar-refractivity contribution is 7.17. The van der Waals surface area contributed by atoms with Gasteiger partial charge in [-0.15, -0.1) is 11.3 Å². The molecule has 3 heterocycles. The zero-order valence-electron chi connectivity index (χ0n) is 15.0. The first-order chi connectivity index (χ1) is 13.6. The number of fused-ring (bicyclic) bond motifs is 1. The molecule has 0 bridgehead atoms. The second-order valence-corrected chi connectivity index (χ2v) is 7.25. The second-order valence-electron chi connectivity index (χ2n) is 6.20. The lowest BCUT2D eigenvalue weighted by Gasteiger charge is -2.15. The molecule has 0 unspecified atom stereocenters. The fourth-order valence-corrected chi connectivity index (χ4v) is 4.03. The van der Waals surface area contributed by atoms with Crippen LogP contribution in [-0.4, -0.2) is 15.3 Å². The molecule has 0 aliphatic carbocycles. The molecular weight excluding hydrogens is 372 g/mol. The summed E-state index contributed by atoms with van der Waals surface area (Å²) in [5.41, 5.74) is 8.53. The van der Waals surface area contributed by atoms with Crippen molar-refractivity contribution in [2.75, 3.05) is 0 Å². The Morgan fingerprint density at radius 2 is 2.07 bits per heavy atom. The van der Waals surface area contributed by atoms with Crippen molar-refractivity contribution in [2.24, 2.45) is 5.73 Å². The minimum atomic E-state index is -0.555. The van der Waals surface area contributed by atoms with Crippen LogP contribution in [0.4, 0.5) is 0 Å². The Morgan fingerprint density at radius 1 is 1.29 bits per heavy atom. The van der Waals surface area contributed by atoms with Crippen molar-refractivity contribution in [3.8, 4) is 22.4 Å². The van der Waals surface area contributed by atoms with Crippen molar-refractivity contribution in [1.29, 1.82) is 5.26 Å².